The molecule has 0 atom stereocenters. The molecule has 150 valence electrons. The molecule has 16 heteroatoms. The van der Waals surface area contributed by atoms with Crippen LogP contribution in [0.1, 0.15) is 2.85 Å². The maximum absolute atomic E-state index is 10.6. The molecule has 0 aliphatic carbocycles. The van der Waals surface area contributed by atoms with E-state index < -0.39 is 50.1 Å². The van der Waals surface area contributed by atoms with E-state index in [4.69, 9.17) is 20.4 Å². The number of carbonyl (C=O) groups is 4. The Labute approximate surface area is 198 Å². The van der Waals surface area contributed by atoms with Crippen LogP contribution in [-0.4, -0.2) is 93.4 Å². The van der Waals surface area contributed by atoms with Gasteiger partial charge in [-0.05, 0) is 0 Å². The predicted molar refractivity (Wildman–Crippen MR) is 85.7 cm³/mol. The van der Waals surface area contributed by atoms with E-state index >= 15 is 0 Å². The monoisotopic (exact) mass is 408 g/mol. The smallest absolute Gasteiger partial charge is 1.00 e. The van der Waals surface area contributed by atoms with Gasteiger partial charge in [0.15, 0.2) is 0 Å². The molecule has 0 radical (unpaired) electrons. The second kappa shape index (κ2) is 24.6. The van der Waals surface area contributed by atoms with E-state index in [1.165, 1.54) is 0 Å². The summed E-state index contributed by atoms with van der Waals surface area (Å²) in [4.78, 5) is 44.4. The molecule has 0 spiro atoms. The van der Waals surface area contributed by atoms with Crippen molar-refractivity contribution in [3.63, 3.8) is 0 Å². The zero-order valence-corrected chi connectivity index (χ0v) is 19.4. The molecular formula is C10H30N6Na2O8. The average molecular weight is 408 g/mol. The second-order valence-corrected chi connectivity index (χ2v) is 4.00. The third-order valence-corrected chi connectivity index (χ3v) is 2.17. The SMILES string of the molecule is N.N.N.N.O=C(O)CN(CCN(CC(=O)O)CC(=O)O)CC(=O)O.[H-].[H-].[Na+].[Na+]. The van der Waals surface area contributed by atoms with Crippen molar-refractivity contribution in [2.75, 3.05) is 39.3 Å². The minimum Gasteiger partial charge on any atom is -1.00 e. The van der Waals surface area contributed by atoms with Gasteiger partial charge < -0.3 is 47.9 Å². The normalized spacial score (nSPS) is 8.23. The standard InChI is InChI=1S/C10H16N2O8.4H3N.2Na.2H/c13-7(14)3-11(4-8(15)16)1-2-12(5-9(17)18)6-10(19)20;;;;;;;;/h1-6H2,(H,13,14)(H,15,16)(H,17,18)(H,19,20);4*1H3;;;;/q;;;;;2*+1;2*-1. The van der Waals surface area contributed by atoms with Crippen LogP contribution in [-0.2, 0) is 19.2 Å². The van der Waals surface area contributed by atoms with Gasteiger partial charge in [-0.2, -0.15) is 0 Å². The van der Waals surface area contributed by atoms with Crippen molar-refractivity contribution in [2.24, 2.45) is 0 Å². The van der Waals surface area contributed by atoms with Gasteiger partial charge in [-0.1, -0.05) is 0 Å². The molecule has 0 bridgehead atoms. The van der Waals surface area contributed by atoms with E-state index in [2.05, 4.69) is 0 Å². The molecule has 0 unspecified atom stereocenters. The molecule has 16 N–H and O–H groups in total. The van der Waals surface area contributed by atoms with Crippen LogP contribution in [0.15, 0.2) is 0 Å². The van der Waals surface area contributed by atoms with Crippen molar-refractivity contribution in [1.82, 2.24) is 34.4 Å². The number of nitrogens with zero attached hydrogens (tertiary/aromatic N) is 2. The van der Waals surface area contributed by atoms with Crippen LogP contribution in [0.25, 0.3) is 0 Å². The summed E-state index contributed by atoms with van der Waals surface area (Å²) in [6.45, 7) is -2.25. The summed E-state index contributed by atoms with van der Waals surface area (Å²) in [6.07, 6.45) is 0. The topological polar surface area (TPSA) is 296 Å². The first-order valence-corrected chi connectivity index (χ1v) is 5.52. The Bertz CT molecular complexity index is 346. The van der Waals surface area contributed by atoms with Crippen molar-refractivity contribution in [2.45, 2.75) is 0 Å². The second-order valence-electron chi connectivity index (χ2n) is 4.00. The fourth-order valence-electron chi connectivity index (χ4n) is 1.48. The van der Waals surface area contributed by atoms with Crippen molar-refractivity contribution >= 4 is 23.9 Å². The first-order valence-electron chi connectivity index (χ1n) is 5.52. The van der Waals surface area contributed by atoms with Crippen molar-refractivity contribution in [1.29, 1.82) is 0 Å². The minimum absolute atomic E-state index is 0. The van der Waals surface area contributed by atoms with E-state index in [9.17, 15) is 19.2 Å². The molecule has 0 rings (SSSR count). The van der Waals surface area contributed by atoms with Crippen LogP contribution in [0.4, 0.5) is 0 Å². The molecule has 0 aliphatic rings. The van der Waals surface area contributed by atoms with Gasteiger partial charge in [-0.15, -0.1) is 0 Å². The molecule has 14 nitrogen and oxygen atoms in total. The predicted octanol–water partition coefficient (Wildman–Crippen LogP) is -7.19. The average Bonchev–Trinajstić information content (AvgIpc) is 2.22. The van der Waals surface area contributed by atoms with Gasteiger partial charge in [0.1, 0.15) is 0 Å². The molecular weight excluding hydrogens is 378 g/mol. The van der Waals surface area contributed by atoms with E-state index in [1.807, 2.05) is 0 Å². The summed E-state index contributed by atoms with van der Waals surface area (Å²) < 4.78 is 0. The van der Waals surface area contributed by atoms with Gasteiger partial charge in [0, 0.05) is 13.1 Å². The number of rotatable bonds is 11. The Morgan fingerprint density at radius 3 is 0.808 bits per heavy atom. The van der Waals surface area contributed by atoms with E-state index in [1.54, 1.807) is 0 Å². The third-order valence-electron chi connectivity index (χ3n) is 2.17. The molecule has 0 saturated carbocycles. The number of aliphatic carboxylic acids is 4. The summed E-state index contributed by atoms with van der Waals surface area (Å²) in [6, 6.07) is 0. The van der Waals surface area contributed by atoms with E-state index in [-0.39, 0.29) is 99.7 Å². The van der Waals surface area contributed by atoms with Gasteiger partial charge in [0.25, 0.3) is 0 Å². The Kier molecular flexibility index (Phi) is 42.5. The maximum atomic E-state index is 10.6. The van der Waals surface area contributed by atoms with E-state index in [0.717, 1.165) is 9.80 Å². The van der Waals surface area contributed by atoms with Crippen molar-refractivity contribution in [3.8, 4) is 0 Å². The molecule has 0 aliphatic heterocycles. The van der Waals surface area contributed by atoms with Gasteiger partial charge >= 0.3 is 83.0 Å². The summed E-state index contributed by atoms with van der Waals surface area (Å²) in [7, 11) is 0. The molecule has 0 heterocycles. The summed E-state index contributed by atoms with van der Waals surface area (Å²) in [5.41, 5.74) is 0. The molecule has 0 amide bonds. The Hall–Kier alpha value is -0.360. The van der Waals surface area contributed by atoms with Gasteiger partial charge in [-0.3, -0.25) is 29.0 Å². The first-order chi connectivity index (χ1) is 9.20. The van der Waals surface area contributed by atoms with Crippen molar-refractivity contribution in [3.05, 3.63) is 0 Å². The zero-order valence-electron chi connectivity index (χ0n) is 17.4. The van der Waals surface area contributed by atoms with Crippen LogP contribution in [0.3, 0.4) is 0 Å². The van der Waals surface area contributed by atoms with Crippen LogP contribution in [0, 0.1) is 0 Å². The summed E-state index contributed by atoms with van der Waals surface area (Å²) >= 11 is 0. The fraction of sp³-hybridized carbons (Fsp3) is 0.600. The van der Waals surface area contributed by atoms with E-state index in [0.29, 0.717) is 0 Å². The molecule has 0 aromatic carbocycles. The van der Waals surface area contributed by atoms with Crippen LogP contribution in [0.5, 0.6) is 0 Å². The fourth-order valence-corrected chi connectivity index (χ4v) is 1.48. The zero-order chi connectivity index (χ0) is 15.7. The largest absolute Gasteiger partial charge is 1.00 e. The summed E-state index contributed by atoms with van der Waals surface area (Å²) in [5, 5.41) is 34.5. The number of hydrogen-bond donors (Lipinski definition) is 8. The number of hydrogen-bond acceptors (Lipinski definition) is 10. The van der Waals surface area contributed by atoms with Crippen LogP contribution >= 0.6 is 0 Å². The molecule has 0 saturated heterocycles. The molecule has 0 fully saturated rings. The Morgan fingerprint density at radius 1 is 0.538 bits per heavy atom. The van der Waals surface area contributed by atoms with Gasteiger partial charge in [-0.25, -0.2) is 0 Å². The minimum atomic E-state index is -1.23. The maximum Gasteiger partial charge on any atom is 1.00 e. The van der Waals surface area contributed by atoms with Crippen LogP contribution in [0.2, 0.25) is 0 Å². The Morgan fingerprint density at radius 2 is 0.692 bits per heavy atom. The first kappa shape index (κ1) is 44.8. The third kappa shape index (κ3) is 28.4. The quantitative estimate of drug-likeness (QED) is 0.147. The molecule has 0 aromatic heterocycles. The van der Waals surface area contributed by atoms with Gasteiger partial charge in [0.2, 0.25) is 0 Å². The number of carboxylic acids is 4. The van der Waals surface area contributed by atoms with Gasteiger partial charge in [0.05, 0.1) is 26.2 Å². The number of carboxylic acid groups (broad SMARTS) is 4. The Balaban J connectivity index is -0.0000000645. The van der Waals surface area contributed by atoms with Crippen molar-refractivity contribution < 1.29 is 102 Å². The van der Waals surface area contributed by atoms with Crippen LogP contribution < -0.4 is 83.7 Å². The molecule has 0 aromatic rings. The molecule has 26 heavy (non-hydrogen) atoms. The summed E-state index contributed by atoms with van der Waals surface area (Å²) in [5.74, 6) is -4.91.